The number of hydrogen-bond donors (Lipinski definition) is 1. The van der Waals surface area contributed by atoms with Crippen molar-refractivity contribution < 1.29 is 4.74 Å². The third kappa shape index (κ3) is 2.24. The number of aryl methyl sites for hydroxylation is 1. The van der Waals surface area contributed by atoms with E-state index in [2.05, 4.69) is 9.55 Å². The van der Waals surface area contributed by atoms with Crippen LogP contribution in [0.25, 0.3) is 11.3 Å². The third-order valence-electron chi connectivity index (χ3n) is 3.02. The first-order valence-corrected chi connectivity index (χ1v) is 6.12. The van der Waals surface area contributed by atoms with Gasteiger partial charge in [-0.25, -0.2) is 4.98 Å². The van der Waals surface area contributed by atoms with Crippen LogP contribution in [0.1, 0.15) is 18.4 Å². The molecule has 0 spiro atoms. The second-order valence-corrected chi connectivity index (χ2v) is 4.17. The maximum atomic E-state index is 5.75. The zero-order valence-electron chi connectivity index (χ0n) is 11.1. The fourth-order valence-corrected chi connectivity index (χ4v) is 2.06. The van der Waals surface area contributed by atoms with Crippen molar-refractivity contribution in [2.75, 3.05) is 6.61 Å². The summed E-state index contributed by atoms with van der Waals surface area (Å²) in [7, 11) is 2.01. The van der Waals surface area contributed by atoms with Gasteiger partial charge in [-0.3, -0.25) is 0 Å². The van der Waals surface area contributed by atoms with E-state index in [1.807, 2.05) is 45.2 Å². The quantitative estimate of drug-likeness (QED) is 0.898. The van der Waals surface area contributed by atoms with Crippen LogP contribution in [0.4, 0.5) is 0 Å². The largest absolute Gasteiger partial charge is 0.494 e. The van der Waals surface area contributed by atoms with Crippen LogP contribution in [0.3, 0.4) is 0 Å². The van der Waals surface area contributed by atoms with Gasteiger partial charge in [0, 0.05) is 19.2 Å². The van der Waals surface area contributed by atoms with Crippen LogP contribution in [0.5, 0.6) is 5.75 Å². The fourth-order valence-electron chi connectivity index (χ4n) is 2.06. The van der Waals surface area contributed by atoms with Crippen LogP contribution in [-0.2, 0) is 13.6 Å². The molecule has 0 saturated carbocycles. The number of benzene rings is 1. The Labute approximate surface area is 107 Å². The Kier molecular flexibility index (Phi) is 3.67. The van der Waals surface area contributed by atoms with Crippen LogP contribution in [0, 0.1) is 6.92 Å². The Morgan fingerprint density at radius 1 is 1.28 bits per heavy atom. The molecule has 0 radical (unpaired) electrons. The van der Waals surface area contributed by atoms with E-state index in [0.29, 0.717) is 13.2 Å². The highest BCUT2D eigenvalue weighted by Crippen LogP contribution is 2.26. The fraction of sp³-hybridized carbons (Fsp3) is 0.357. The van der Waals surface area contributed by atoms with Crippen molar-refractivity contribution >= 4 is 0 Å². The van der Waals surface area contributed by atoms with Crippen molar-refractivity contribution in [2.24, 2.45) is 12.8 Å². The molecule has 4 heteroatoms. The van der Waals surface area contributed by atoms with E-state index in [1.165, 1.54) is 0 Å². The number of aromatic nitrogens is 2. The molecule has 1 aromatic carbocycles. The summed E-state index contributed by atoms with van der Waals surface area (Å²) in [6.07, 6.45) is 0. The van der Waals surface area contributed by atoms with E-state index in [1.54, 1.807) is 0 Å². The molecular formula is C14H19N3O. The molecule has 0 fully saturated rings. The number of hydrogen-bond acceptors (Lipinski definition) is 3. The monoisotopic (exact) mass is 245 g/mol. The molecule has 2 rings (SSSR count). The van der Waals surface area contributed by atoms with Gasteiger partial charge in [0.25, 0.3) is 0 Å². The van der Waals surface area contributed by atoms with Gasteiger partial charge in [-0.2, -0.15) is 0 Å². The van der Waals surface area contributed by atoms with Crippen LogP contribution < -0.4 is 10.5 Å². The molecule has 96 valence electrons. The molecule has 1 heterocycles. The van der Waals surface area contributed by atoms with Crippen LogP contribution >= 0.6 is 0 Å². The number of rotatable bonds is 4. The smallest absolute Gasteiger partial charge is 0.119 e. The number of imidazole rings is 1. The minimum atomic E-state index is 0.449. The van der Waals surface area contributed by atoms with Gasteiger partial charge in [-0.05, 0) is 38.1 Å². The zero-order valence-corrected chi connectivity index (χ0v) is 11.1. The number of nitrogens with two attached hydrogens (primary N) is 1. The lowest BCUT2D eigenvalue weighted by molar-refractivity contribution is 0.340. The topological polar surface area (TPSA) is 53.1 Å². The van der Waals surface area contributed by atoms with E-state index in [4.69, 9.17) is 10.5 Å². The predicted molar refractivity (Wildman–Crippen MR) is 72.4 cm³/mol. The lowest BCUT2D eigenvalue weighted by atomic mass is 10.1. The maximum absolute atomic E-state index is 5.75. The maximum Gasteiger partial charge on any atom is 0.119 e. The first-order valence-electron chi connectivity index (χ1n) is 6.12. The highest BCUT2D eigenvalue weighted by molar-refractivity contribution is 5.63. The van der Waals surface area contributed by atoms with E-state index < -0.39 is 0 Å². The normalized spacial score (nSPS) is 10.7. The summed E-state index contributed by atoms with van der Waals surface area (Å²) in [6, 6.07) is 8.03. The van der Waals surface area contributed by atoms with Crippen molar-refractivity contribution in [2.45, 2.75) is 20.4 Å². The lowest BCUT2D eigenvalue weighted by Crippen LogP contribution is -2.00. The zero-order chi connectivity index (χ0) is 13.1. The van der Waals surface area contributed by atoms with E-state index >= 15 is 0 Å². The molecule has 18 heavy (non-hydrogen) atoms. The van der Waals surface area contributed by atoms with Gasteiger partial charge in [0.1, 0.15) is 11.6 Å². The summed E-state index contributed by atoms with van der Waals surface area (Å²) in [5.41, 5.74) is 8.87. The van der Waals surface area contributed by atoms with Gasteiger partial charge < -0.3 is 15.0 Å². The Morgan fingerprint density at radius 2 is 1.94 bits per heavy atom. The Hall–Kier alpha value is -1.81. The molecule has 0 aliphatic carbocycles. The summed E-state index contributed by atoms with van der Waals surface area (Å²) in [6.45, 7) is 5.09. The Balaban J connectivity index is 2.42. The molecule has 2 N–H and O–H groups in total. The molecule has 0 saturated heterocycles. The molecule has 4 nitrogen and oxygen atoms in total. The average molecular weight is 245 g/mol. The predicted octanol–water partition coefficient (Wildman–Crippen LogP) is 2.25. The second-order valence-electron chi connectivity index (χ2n) is 4.17. The minimum absolute atomic E-state index is 0.449. The van der Waals surface area contributed by atoms with Gasteiger partial charge >= 0.3 is 0 Å². The minimum Gasteiger partial charge on any atom is -0.494 e. The molecule has 0 aliphatic rings. The lowest BCUT2D eigenvalue weighted by Gasteiger charge is -2.08. The molecule has 0 bridgehead atoms. The van der Waals surface area contributed by atoms with E-state index in [-0.39, 0.29) is 0 Å². The summed E-state index contributed by atoms with van der Waals surface area (Å²) in [5.74, 6) is 1.86. The average Bonchev–Trinajstić information content (AvgIpc) is 2.67. The van der Waals surface area contributed by atoms with Gasteiger partial charge in [-0.1, -0.05) is 0 Å². The van der Waals surface area contributed by atoms with E-state index in [9.17, 15) is 0 Å². The van der Waals surface area contributed by atoms with E-state index in [0.717, 1.165) is 28.5 Å². The van der Waals surface area contributed by atoms with Crippen molar-refractivity contribution in [1.82, 2.24) is 9.55 Å². The molecule has 0 aliphatic heterocycles. The summed E-state index contributed by atoms with van der Waals surface area (Å²) >= 11 is 0. The third-order valence-corrected chi connectivity index (χ3v) is 3.02. The van der Waals surface area contributed by atoms with Crippen molar-refractivity contribution in [3.63, 3.8) is 0 Å². The van der Waals surface area contributed by atoms with Crippen LogP contribution in [0.2, 0.25) is 0 Å². The summed E-state index contributed by atoms with van der Waals surface area (Å²) < 4.78 is 7.51. The molecule has 0 atom stereocenters. The highest BCUT2D eigenvalue weighted by Gasteiger charge is 2.12. The van der Waals surface area contributed by atoms with Crippen LogP contribution in [0.15, 0.2) is 24.3 Å². The first-order chi connectivity index (χ1) is 8.67. The Morgan fingerprint density at radius 3 is 2.50 bits per heavy atom. The molecule has 1 aromatic heterocycles. The number of ether oxygens (including phenoxy) is 1. The van der Waals surface area contributed by atoms with Crippen molar-refractivity contribution in [1.29, 1.82) is 0 Å². The summed E-state index contributed by atoms with van der Waals surface area (Å²) in [5, 5.41) is 0. The Bertz CT molecular complexity index is 529. The standard InChI is InChI=1S/C14H19N3O/c1-4-18-12-7-5-11(6-8-12)14-13(9-15)16-10(2)17(14)3/h5-8H,4,9,15H2,1-3H3. The van der Waals surface area contributed by atoms with Gasteiger partial charge in [0.2, 0.25) is 0 Å². The van der Waals surface area contributed by atoms with Gasteiger partial charge in [-0.15, -0.1) is 0 Å². The van der Waals surface area contributed by atoms with Gasteiger partial charge in [0.15, 0.2) is 0 Å². The highest BCUT2D eigenvalue weighted by atomic mass is 16.5. The van der Waals surface area contributed by atoms with Gasteiger partial charge in [0.05, 0.1) is 18.0 Å². The first kappa shape index (κ1) is 12.6. The SMILES string of the molecule is CCOc1ccc(-c2c(CN)nc(C)n2C)cc1. The molecule has 0 amide bonds. The van der Waals surface area contributed by atoms with Crippen molar-refractivity contribution in [3.05, 3.63) is 35.8 Å². The number of nitrogens with zero attached hydrogens (tertiary/aromatic N) is 2. The summed E-state index contributed by atoms with van der Waals surface area (Å²) in [4.78, 5) is 4.47. The molecule has 2 aromatic rings. The van der Waals surface area contributed by atoms with Crippen molar-refractivity contribution in [3.8, 4) is 17.0 Å². The van der Waals surface area contributed by atoms with Crippen LogP contribution in [-0.4, -0.2) is 16.2 Å². The molecule has 0 unspecified atom stereocenters. The second kappa shape index (κ2) is 5.23. The molecular weight excluding hydrogens is 226 g/mol.